The third-order valence-electron chi connectivity index (χ3n) is 2.99. The molecule has 1 aromatic carbocycles. The summed E-state index contributed by atoms with van der Waals surface area (Å²) >= 11 is 0. The van der Waals surface area contributed by atoms with Gasteiger partial charge in [0.2, 0.25) is 5.88 Å². The molecule has 0 aliphatic rings. The van der Waals surface area contributed by atoms with E-state index < -0.39 is 5.97 Å². The fourth-order valence-electron chi connectivity index (χ4n) is 1.95. The van der Waals surface area contributed by atoms with Crippen LogP contribution in [0.15, 0.2) is 30.6 Å². The number of benzene rings is 1. The van der Waals surface area contributed by atoms with Gasteiger partial charge >= 0.3 is 5.97 Å². The van der Waals surface area contributed by atoms with E-state index in [9.17, 15) is 4.79 Å². The van der Waals surface area contributed by atoms with Crippen LogP contribution in [0, 0.1) is 6.92 Å². The Morgan fingerprint density at radius 1 is 1.24 bits per heavy atom. The third-order valence-corrected chi connectivity index (χ3v) is 2.99. The van der Waals surface area contributed by atoms with Gasteiger partial charge in [0.15, 0.2) is 5.69 Å². The second-order valence-electron chi connectivity index (χ2n) is 5.90. The minimum atomic E-state index is -1.13. The number of nitrogens with zero attached hydrogens (tertiary/aromatic N) is 2. The van der Waals surface area contributed by atoms with E-state index in [2.05, 4.69) is 30.7 Å². The first kappa shape index (κ1) is 15.0. The zero-order chi connectivity index (χ0) is 15.6. The average Bonchev–Trinajstić information content (AvgIpc) is 2.37. The lowest BCUT2D eigenvalue weighted by Crippen LogP contribution is -2.13. The van der Waals surface area contributed by atoms with Gasteiger partial charge in [-0.2, -0.15) is 0 Å². The maximum Gasteiger partial charge on any atom is 0.356 e. The molecule has 21 heavy (non-hydrogen) atoms. The van der Waals surface area contributed by atoms with Gasteiger partial charge in [0.1, 0.15) is 5.75 Å². The second-order valence-corrected chi connectivity index (χ2v) is 5.90. The summed E-state index contributed by atoms with van der Waals surface area (Å²) in [6, 6.07) is 5.95. The topological polar surface area (TPSA) is 72.3 Å². The van der Waals surface area contributed by atoms with E-state index in [4.69, 9.17) is 9.84 Å². The third kappa shape index (κ3) is 3.56. The number of ether oxygens (including phenoxy) is 1. The molecule has 1 aromatic heterocycles. The molecule has 0 fully saturated rings. The van der Waals surface area contributed by atoms with E-state index in [0.29, 0.717) is 5.75 Å². The summed E-state index contributed by atoms with van der Waals surface area (Å²) in [5, 5.41) is 8.95. The van der Waals surface area contributed by atoms with Crippen LogP contribution < -0.4 is 4.74 Å². The summed E-state index contributed by atoms with van der Waals surface area (Å²) in [6.07, 6.45) is 2.59. The lowest BCUT2D eigenvalue weighted by Gasteiger charge is -2.22. The van der Waals surface area contributed by atoms with Crippen LogP contribution in [0.25, 0.3) is 0 Å². The summed E-state index contributed by atoms with van der Waals surface area (Å²) in [5.41, 5.74) is 1.84. The summed E-state index contributed by atoms with van der Waals surface area (Å²) < 4.78 is 5.77. The molecule has 2 rings (SSSR count). The molecule has 1 N–H and O–H groups in total. The van der Waals surface area contributed by atoms with Crippen molar-refractivity contribution in [3.63, 3.8) is 0 Å². The maximum atomic E-state index is 10.9. The molecule has 0 unspecified atom stereocenters. The SMILES string of the molecule is Cc1ccc(C(C)(C)C)c(Oc2cncc(C(=O)O)n2)c1. The Morgan fingerprint density at radius 2 is 1.95 bits per heavy atom. The van der Waals surface area contributed by atoms with Crippen molar-refractivity contribution in [2.45, 2.75) is 33.1 Å². The van der Waals surface area contributed by atoms with Crippen LogP contribution >= 0.6 is 0 Å². The predicted octanol–water partition coefficient (Wildman–Crippen LogP) is 3.57. The summed E-state index contributed by atoms with van der Waals surface area (Å²) in [7, 11) is 0. The molecule has 0 bridgehead atoms. The Kier molecular flexibility index (Phi) is 3.93. The monoisotopic (exact) mass is 286 g/mol. The van der Waals surface area contributed by atoms with Crippen LogP contribution in [-0.2, 0) is 5.41 Å². The van der Waals surface area contributed by atoms with Gasteiger partial charge in [-0.15, -0.1) is 0 Å². The molecule has 0 amide bonds. The molecular weight excluding hydrogens is 268 g/mol. The molecular formula is C16H18N2O3. The zero-order valence-electron chi connectivity index (χ0n) is 12.5. The standard InChI is InChI=1S/C16H18N2O3/c1-10-5-6-11(16(2,3)4)13(7-10)21-14-9-17-8-12(18-14)15(19)20/h5-9H,1-4H3,(H,19,20). The molecule has 5 nitrogen and oxygen atoms in total. The second kappa shape index (κ2) is 5.52. The Labute approximate surface area is 123 Å². The number of aryl methyl sites for hydroxylation is 1. The highest BCUT2D eigenvalue weighted by Gasteiger charge is 2.20. The quantitative estimate of drug-likeness (QED) is 0.933. The van der Waals surface area contributed by atoms with E-state index >= 15 is 0 Å². The van der Waals surface area contributed by atoms with Crippen molar-refractivity contribution in [1.82, 2.24) is 9.97 Å². The number of aromatic nitrogens is 2. The molecule has 0 atom stereocenters. The Balaban J connectivity index is 2.41. The van der Waals surface area contributed by atoms with Gasteiger partial charge in [0, 0.05) is 5.56 Å². The lowest BCUT2D eigenvalue weighted by atomic mass is 9.86. The van der Waals surface area contributed by atoms with Crippen molar-refractivity contribution in [3.8, 4) is 11.6 Å². The van der Waals surface area contributed by atoms with Crippen molar-refractivity contribution in [2.24, 2.45) is 0 Å². The molecule has 5 heteroatoms. The van der Waals surface area contributed by atoms with Crippen LogP contribution in [0.5, 0.6) is 11.6 Å². The Morgan fingerprint density at radius 3 is 2.57 bits per heavy atom. The first-order valence-corrected chi connectivity index (χ1v) is 6.61. The van der Waals surface area contributed by atoms with Gasteiger partial charge in [0.05, 0.1) is 12.4 Å². The van der Waals surface area contributed by atoms with Gasteiger partial charge in [-0.1, -0.05) is 32.9 Å². The summed E-state index contributed by atoms with van der Waals surface area (Å²) in [6.45, 7) is 8.23. The lowest BCUT2D eigenvalue weighted by molar-refractivity contribution is 0.0689. The molecule has 0 spiro atoms. The fourth-order valence-corrected chi connectivity index (χ4v) is 1.95. The number of carbonyl (C=O) groups is 1. The predicted molar refractivity (Wildman–Crippen MR) is 78.9 cm³/mol. The van der Waals surface area contributed by atoms with E-state index in [1.54, 1.807) is 0 Å². The fraction of sp³-hybridized carbons (Fsp3) is 0.312. The van der Waals surface area contributed by atoms with Crippen LogP contribution in [-0.4, -0.2) is 21.0 Å². The number of rotatable bonds is 3. The highest BCUT2D eigenvalue weighted by molar-refractivity contribution is 5.84. The van der Waals surface area contributed by atoms with Crippen LogP contribution in [0.2, 0.25) is 0 Å². The average molecular weight is 286 g/mol. The Hall–Kier alpha value is -2.43. The van der Waals surface area contributed by atoms with Gasteiger partial charge in [-0.3, -0.25) is 4.98 Å². The Bertz CT molecular complexity index is 675. The van der Waals surface area contributed by atoms with Crippen LogP contribution in [0.3, 0.4) is 0 Å². The number of carboxylic acid groups (broad SMARTS) is 1. The van der Waals surface area contributed by atoms with E-state index in [-0.39, 0.29) is 17.0 Å². The minimum Gasteiger partial charge on any atom is -0.476 e. The molecule has 0 saturated carbocycles. The van der Waals surface area contributed by atoms with Gasteiger partial charge in [-0.05, 0) is 24.0 Å². The number of hydrogen-bond acceptors (Lipinski definition) is 4. The molecule has 0 radical (unpaired) electrons. The first-order valence-electron chi connectivity index (χ1n) is 6.61. The maximum absolute atomic E-state index is 10.9. The van der Waals surface area contributed by atoms with E-state index in [1.807, 2.05) is 25.1 Å². The van der Waals surface area contributed by atoms with Crippen LogP contribution in [0.4, 0.5) is 0 Å². The van der Waals surface area contributed by atoms with Gasteiger partial charge in [0.25, 0.3) is 0 Å². The molecule has 110 valence electrons. The molecule has 0 saturated heterocycles. The normalized spacial score (nSPS) is 11.2. The molecule has 0 aliphatic carbocycles. The number of carboxylic acids is 1. The summed E-state index contributed by atoms with van der Waals surface area (Å²) in [4.78, 5) is 18.7. The largest absolute Gasteiger partial charge is 0.476 e. The van der Waals surface area contributed by atoms with Gasteiger partial charge in [-0.25, -0.2) is 9.78 Å². The van der Waals surface area contributed by atoms with Gasteiger partial charge < -0.3 is 9.84 Å². The summed E-state index contributed by atoms with van der Waals surface area (Å²) in [5.74, 6) is -0.293. The van der Waals surface area contributed by atoms with Crippen molar-refractivity contribution in [1.29, 1.82) is 0 Å². The van der Waals surface area contributed by atoms with Crippen molar-refractivity contribution in [3.05, 3.63) is 47.4 Å². The molecule has 2 aromatic rings. The minimum absolute atomic E-state index is 0.0964. The zero-order valence-corrected chi connectivity index (χ0v) is 12.5. The first-order chi connectivity index (χ1) is 9.77. The van der Waals surface area contributed by atoms with Crippen molar-refractivity contribution < 1.29 is 14.6 Å². The molecule has 0 aliphatic heterocycles. The van der Waals surface area contributed by atoms with E-state index in [1.165, 1.54) is 12.4 Å². The smallest absolute Gasteiger partial charge is 0.356 e. The number of hydrogen-bond donors (Lipinski definition) is 1. The van der Waals surface area contributed by atoms with Crippen molar-refractivity contribution in [2.75, 3.05) is 0 Å². The number of aromatic carboxylic acids is 1. The van der Waals surface area contributed by atoms with E-state index in [0.717, 1.165) is 11.1 Å². The highest BCUT2D eigenvalue weighted by atomic mass is 16.5. The molecule has 1 heterocycles. The van der Waals surface area contributed by atoms with Crippen molar-refractivity contribution >= 4 is 5.97 Å². The highest BCUT2D eigenvalue weighted by Crippen LogP contribution is 2.34. The van der Waals surface area contributed by atoms with Crippen LogP contribution in [0.1, 0.15) is 42.4 Å².